The quantitative estimate of drug-likeness (QED) is 0.376. The molecule has 1 amide bonds. The van der Waals surface area contributed by atoms with Gasteiger partial charge in [0, 0.05) is 29.9 Å². The minimum atomic E-state index is -0.303. The van der Waals surface area contributed by atoms with E-state index in [1.807, 2.05) is 36.4 Å². The number of fused-ring (bicyclic) bond motifs is 1. The Hall–Kier alpha value is -4.16. The van der Waals surface area contributed by atoms with Crippen LogP contribution in [0.2, 0.25) is 0 Å². The summed E-state index contributed by atoms with van der Waals surface area (Å²) >= 11 is 0. The van der Waals surface area contributed by atoms with E-state index in [9.17, 15) is 4.79 Å². The highest BCUT2D eigenvalue weighted by Crippen LogP contribution is 2.22. The van der Waals surface area contributed by atoms with Crippen molar-refractivity contribution in [3.63, 3.8) is 0 Å². The van der Waals surface area contributed by atoms with Crippen LogP contribution in [0.4, 0.5) is 11.4 Å². The summed E-state index contributed by atoms with van der Waals surface area (Å²) in [5.41, 5.74) is 4.29. The molecule has 0 aliphatic carbocycles. The van der Waals surface area contributed by atoms with E-state index >= 15 is 0 Å². The van der Waals surface area contributed by atoms with Crippen LogP contribution in [0.3, 0.4) is 0 Å². The van der Waals surface area contributed by atoms with Crippen molar-refractivity contribution in [2.75, 3.05) is 23.7 Å². The second-order valence-corrected chi connectivity index (χ2v) is 7.86. The molecule has 4 N–H and O–H groups in total. The van der Waals surface area contributed by atoms with Gasteiger partial charge < -0.3 is 16.0 Å². The minimum Gasteiger partial charge on any atom is -0.381 e. The molecule has 160 valence electrons. The van der Waals surface area contributed by atoms with Gasteiger partial charge in [-0.1, -0.05) is 12.1 Å². The number of benzene rings is 2. The molecule has 9 nitrogen and oxygen atoms in total. The van der Waals surface area contributed by atoms with E-state index in [-0.39, 0.29) is 5.91 Å². The first-order valence-electron chi connectivity index (χ1n) is 10.5. The standard InChI is InChI=1S/C23H22N8O/c24-10-15-2-1-3-16(8-15)13-31-14-19(12-26-31)28-23(32)22-20-5-4-17(9-21(20)29-30-22)27-18-6-7-25-11-18/h1-5,8-9,12,14,18,25,27H,6-7,11,13H2,(H,28,32)(H,29,30). The Morgan fingerprint density at radius 3 is 3.03 bits per heavy atom. The number of rotatable bonds is 6. The van der Waals surface area contributed by atoms with Gasteiger partial charge in [0.1, 0.15) is 0 Å². The molecule has 1 fully saturated rings. The number of aromatic nitrogens is 4. The highest BCUT2D eigenvalue weighted by molar-refractivity contribution is 6.11. The van der Waals surface area contributed by atoms with E-state index in [1.165, 1.54) is 0 Å². The monoisotopic (exact) mass is 426 g/mol. The van der Waals surface area contributed by atoms with Crippen molar-refractivity contribution < 1.29 is 4.79 Å². The Morgan fingerprint density at radius 1 is 1.25 bits per heavy atom. The van der Waals surface area contributed by atoms with Crippen molar-refractivity contribution in [2.45, 2.75) is 19.0 Å². The minimum absolute atomic E-state index is 0.303. The number of aromatic amines is 1. The molecule has 4 aromatic rings. The summed E-state index contributed by atoms with van der Waals surface area (Å²) in [6.07, 6.45) is 4.44. The average molecular weight is 426 g/mol. The van der Waals surface area contributed by atoms with Gasteiger partial charge in [-0.3, -0.25) is 14.6 Å². The number of hydrogen-bond acceptors (Lipinski definition) is 6. The molecule has 0 saturated carbocycles. The lowest BCUT2D eigenvalue weighted by molar-refractivity contribution is 0.102. The average Bonchev–Trinajstić information content (AvgIpc) is 3.55. The van der Waals surface area contributed by atoms with Gasteiger partial charge in [-0.25, -0.2) is 0 Å². The Balaban J connectivity index is 1.27. The number of H-pyrrole nitrogens is 1. The zero-order valence-electron chi connectivity index (χ0n) is 17.3. The number of carbonyl (C=O) groups excluding carboxylic acids is 1. The third-order valence-corrected chi connectivity index (χ3v) is 5.50. The van der Waals surface area contributed by atoms with Crippen LogP contribution < -0.4 is 16.0 Å². The Bertz CT molecular complexity index is 1310. The lowest BCUT2D eigenvalue weighted by atomic mass is 10.1. The first-order chi connectivity index (χ1) is 15.7. The molecular weight excluding hydrogens is 404 g/mol. The third kappa shape index (κ3) is 4.17. The summed E-state index contributed by atoms with van der Waals surface area (Å²) in [6.45, 7) is 2.48. The molecule has 0 bridgehead atoms. The van der Waals surface area contributed by atoms with Gasteiger partial charge in [0.15, 0.2) is 5.69 Å². The zero-order valence-corrected chi connectivity index (χ0v) is 17.3. The first-order valence-corrected chi connectivity index (χ1v) is 10.5. The molecule has 0 radical (unpaired) electrons. The molecule has 1 saturated heterocycles. The van der Waals surface area contributed by atoms with Gasteiger partial charge in [-0.2, -0.15) is 15.5 Å². The highest BCUT2D eigenvalue weighted by atomic mass is 16.2. The van der Waals surface area contributed by atoms with Crippen LogP contribution in [-0.2, 0) is 6.54 Å². The van der Waals surface area contributed by atoms with Gasteiger partial charge in [-0.05, 0) is 48.9 Å². The van der Waals surface area contributed by atoms with E-state index in [2.05, 4.69) is 37.3 Å². The molecule has 1 aliphatic rings. The van der Waals surface area contributed by atoms with Gasteiger partial charge in [0.25, 0.3) is 5.91 Å². The van der Waals surface area contributed by atoms with E-state index < -0.39 is 0 Å². The first kappa shape index (κ1) is 19.8. The van der Waals surface area contributed by atoms with Crippen molar-refractivity contribution in [3.8, 4) is 6.07 Å². The van der Waals surface area contributed by atoms with E-state index in [4.69, 9.17) is 5.26 Å². The number of hydrogen-bond donors (Lipinski definition) is 4. The molecule has 2 aromatic carbocycles. The van der Waals surface area contributed by atoms with Crippen LogP contribution in [0.5, 0.6) is 0 Å². The fourth-order valence-corrected chi connectivity index (χ4v) is 3.93. The van der Waals surface area contributed by atoms with Crippen LogP contribution in [0.1, 0.15) is 28.0 Å². The zero-order chi connectivity index (χ0) is 21.9. The summed E-state index contributed by atoms with van der Waals surface area (Å²) in [4.78, 5) is 12.8. The third-order valence-electron chi connectivity index (χ3n) is 5.50. The lowest BCUT2D eigenvalue weighted by Gasteiger charge is -2.12. The van der Waals surface area contributed by atoms with Crippen LogP contribution >= 0.6 is 0 Å². The number of anilines is 2. The fourth-order valence-electron chi connectivity index (χ4n) is 3.93. The molecule has 2 aromatic heterocycles. The van der Waals surface area contributed by atoms with Crippen molar-refractivity contribution in [3.05, 3.63) is 71.7 Å². The summed E-state index contributed by atoms with van der Waals surface area (Å²) in [7, 11) is 0. The molecule has 3 heterocycles. The second kappa shape index (κ2) is 8.53. The second-order valence-electron chi connectivity index (χ2n) is 7.86. The van der Waals surface area contributed by atoms with Gasteiger partial charge in [-0.15, -0.1) is 0 Å². The van der Waals surface area contributed by atoms with E-state index in [1.54, 1.807) is 23.1 Å². The highest BCUT2D eigenvalue weighted by Gasteiger charge is 2.17. The maximum atomic E-state index is 12.8. The van der Waals surface area contributed by atoms with Crippen molar-refractivity contribution in [1.29, 1.82) is 5.26 Å². The predicted octanol–water partition coefficient (Wildman–Crippen LogP) is 2.71. The van der Waals surface area contributed by atoms with E-state index in [0.29, 0.717) is 29.5 Å². The number of nitrogens with zero attached hydrogens (tertiary/aromatic N) is 4. The maximum Gasteiger partial charge on any atom is 0.276 e. The maximum absolute atomic E-state index is 12.8. The Morgan fingerprint density at radius 2 is 2.19 bits per heavy atom. The molecule has 0 spiro atoms. The van der Waals surface area contributed by atoms with Crippen LogP contribution in [-0.4, -0.2) is 45.0 Å². The smallest absolute Gasteiger partial charge is 0.276 e. The van der Waals surface area contributed by atoms with Gasteiger partial charge in [0.2, 0.25) is 0 Å². The molecule has 1 aliphatic heterocycles. The number of nitrogens with one attached hydrogen (secondary N) is 4. The largest absolute Gasteiger partial charge is 0.381 e. The fraction of sp³-hybridized carbons (Fsp3) is 0.217. The van der Waals surface area contributed by atoms with Gasteiger partial charge in [0.05, 0.1) is 35.6 Å². The SMILES string of the molecule is N#Cc1cccc(Cn2cc(NC(=O)c3n[nH]c4cc(NC5CCNC5)ccc34)cn2)c1. The number of amides is 1. The molecule has 1 atom stereocenters. The van der Waals surface area contributed by atoms with Crippen LogP contribution in [0.15, 0.2) is 54.9 Å². The summed E-state index contributed by atoms with van der Waals surface area (Å²) in [5, 5.41) is 31.0. The lowest BCUT2D eigenvalue weighted by Crippen LogP contribution is -2.21. The van der Waals surface area contributed by atoms with Crippen molar-refractivity contribution in [2.24, 2.45) is 0 Å². The van der Waals surface area contributed by atoms with Crippen molar-refractivity contribution in [1.82, 2.24) is 25.3 Å². The van der Waals surface area contributed by atoms with E-state index in [0.717, 1.165) is 41.7 Å². The predicted molar refractivity (Wildman–Crippen MR) is 121 cm³/mol. The molecule has 32 heavy (non-hydrogen) atoms. The Kier molecular flexibility index (Phi) is 5.27. The molecule has 5 rings (SSSR count). The van der Waals surface area contributed by atoms with Crippen molar-refractivity contribution >= 4 is 28.2 Å². The normalized spacial score (nSPS) is 15.5. The molecule has 9 heteroatoms. The number of carbonyl (C=O) groups is 1. The summed E-state index contributed by atoms with van der Waals surface area (Å²) in [6, 6.07) is 15.8. The van der Waals surface area contributed by atoms with Crippen LogP contribution in [0, 0.1) is 11.3 Å². The van der Waals surface area contributed by atoms with Gasteiger partial charge >= 0.3 is 0 Å². The Labute approximate surface area is 184 Å². The topological polar surface area (TPSA) is 123 Å². The molecular formula is C23H22N8O. The molecule has 1 unspecified atom stereocenters. The summed E-state index contributed by atoms with van der Waals surface area (Å²) < 4.78 is 1.71. The van der Waals surface area contributed by atoms with Crippen LogP contribution in [0.25, 0.3) is 10.9 Å². The number of nitriles is 1. The summed E-state index contributed by atoms with van der Waals surface area (Å²) in [5.74, 6) is -0.303.